The molecule has 2 nitrogen and oxygen atoms in total. The maximum absolute atomic E-state index is 9.75. The second kappa shape index (κ2) is 8.14. The summed E-state index contributed by atoms with van der Waals surface area (Å²) >= 11 is 0. The molecule has 1 aliphatic carbocycles. The zero-order valence-electron chi connectivity index (χ0n) is 20.6. The Balaban J connectivity index is 0.000000499. The highest BCUT2D eigenvalue weighted by Crippen LogP contribution is 2.50. The van der Waals surface area contributed by atoms with Crippen molar-refractivity contribution in [3.8, 4) is 0 Å². The molecule has 0 atom stereocenters. The van der Waals surface area contributed by atoms with Gasteiger partial charge in [-0.1, -0.05) is 50.2 Å². The zero-order valence-corrected chi connectivity index (χ0v) is 20.6. The average molecular weight is 470 g/mol. The Labute approximate surface area is 199 Å². The molecule has 0 radical (unpaired) electrons. The van der Waals surface area contributed by atoms with E-state index < -0.39 is 7.25 Å². The molecular formula is C27H31BF4N2. The lowest BCUT2D eigenvalue weighted by Gasteiger charge is -2.26. The number of hydrogen-bond donors (Lipinski definition) is 0. The summed E-state index contributed by atoms with van der Waals surface area (Å²) in [6, 6.07) is 17.7. The summed E-state index contributed by atoms with van der Waals surface area (Å²) in [5, 5.41) is 0. The summed E-state index contributed by atoms with van der Waals surface area (Å²) in [6.07, 6.45) is 4.74. The smallest absolute Gasteiger partial charge is 0.418 e. The van der Waals surface area contributed by atoms with Crippen molar-refractivity contribution in [2.75, 3.05) is 19.0 Å². The molecule has 7 heteroatoms. The van der Waals surface area contributed by atoms with Crippen LogP contribution in [0.25, 0.3) is 0 Å². The molecule has 0 saturated heterocycles. The summed E-state index contributed by atoms with van der Waals surface area (Å²) in [7, 11) is -1.53. The standard InChI is InChI=1S/C27H31N2.BF4/c1-26(2)20-11-7-9-13-22(20)28(5)24(26)18-15-16-19(17-18)25-27(3,4)21-12-8-10-14-23(21)29(25)6;2-1(3,4)5/h7-14,17H,15-16H2,1-6H3;/q+1;-1. The van der Waals surface area contributed by atoms with E-state index in [0.29, 0.717) is 0 Å². The molecule has 0 unspecified atom stereocenters. The van der Waals surface area contributed by atoms with Crippen LogP contribution in [0.15, 0.2) is 71.5 Å². The van der Waals surface area contributed by atoms with E-state index in [-0.39, 0.29) is 10.8 Å². The van der Waals surface area contributed by atoms with E-state index in [0.717, 1.165) is 12.8 Å². The van der Waals surface area contributed by atoms with Crippen molar-refractivity contribution in [1.29, 1.82) is 0 Å². The van der Waals surface area contributed by atoms with Crippen molar-refractivity contribution in [2.24, 2.45) is 0 Å². The number of fused-ring (bicyclic) bond motifs is 2. The summed E-state index contributed by atoms with van der Waals surface area (Å²) in [4.78, 5) is 2.42. The molecule has 2 aliphatic heterocycles. The van der Waals surface area contributed by atoms with E-state index >= 15 is 0 Å². The molecule has 0 N–H and O–H groups in total. The van der Waals surface area contributed by atoms with Gasteiger partial charge in [0, 0.05) is 41.1 Å². The van der Waals surface area contributed by atoms with Gasteiger partial charge in [0.2, 0.25) is 5.69 Å². The Morgan fingerprint density at radius 2 is 1.38 bits per heavy atom. The van der Waals surface area contributed by atoms with E-state index in [1.165, 1.54) is 45.1 Å². The molecule has 2 heterocycles. The number of para-hydroxylation sites is 2. The van der Waals surface area contributed by atoms with E-state index in [1.807, 2.05) is 0 Å². The molecule has 0 amide bonds. The second-order valence-electron chi connectivity index (χ2n) is 10.3. The van der Waals surface area contributed by atoms with Crippen molar-refractivity contribution >= 4 is 24.3 Å². The van der Waals surface area contributed by atoms with Gasteiger partial charge >= 0.3 is 7.25 Å². The van der Waals surface area contributed by atoms with Gasteiger partial charge in [0.15, 0.2) is 5.71 Å². The van der Waals surface area contributed by atoms with Gasteiger partial charge in [-0.05, 0) is 50.0 Å². The number of anilines is 1. The summed E-state index contributed by atoms with van der Waals surface area (Å²) < 4.78 is 41.4. The highest BCUT2D eigenvalue weighted by Gasteiger charge is 2.47. The second-order valence-corrected chi connectivity index (χ2v) is 10.3. The largest absolute Gasteiger partial charge is 0.673 e. The minimum Gasteiger partial charge on any atom is -0.418 e. The highest BCUT2D eigenvalue weighted by atomic mass is 19.5. The Morgan fingerprint density at radius 1 is 0.824 bits per heavy atom. The van der Waals surface area contributed by atoms with Crippen LogP contribution in [-0.4, -0.2) is 31.6 Å². The Hall–Kier alpha value is -2.83. The van der Waals surface area contributed by atoms with Gasteiger partial charge in [-0.15, -0.1) is 0 Å². The first-order valence-corrected chi connectivity index (χ1v) is 11.6. The molecule has 3 aliphatic rings. The first kappa shape index (κ1) is 24.3. The maximum atomic E-state index is 9.75. The van der Waals surface area contributed by atoms with Gasteiger partial charge in [0.1, 0.15) is 7.05 Å². The number of likely N-dealkylation sites (N-methyl/N-ethyl adjacent to an activating group) is 1. The summed E-state index contributed by atoms with van der Waals surface area (Å²) in [5.74, 6) is 0. The van der Waals surface area contributed by atoms with Gasteiger partial charge in [-0.25, -0.2) is 0 Å². The third kappa shape index (κ3) is 3.99. The minimum absolute atomic E-state index is 0.0390. The molecule has 0 spiro atoms. The van der Waals surface area contributed by atoms with Gasteiger partial charge < -0.3 is 22.2 Å². The number of allylic oxidation sites excluding steroid dienone is 4. The quantitative estimate of drug-likeness (QED) is 0.239. The van der Waals surface area contributed by atoms with Gasteiger partial charge in [-0.3, -0.25) is 0 Å². The summed E-state index contributed by atoms with van der Waals surface area (Å²) in [5.41, 5.74) is 11.6. The molecule has 2 aromatic carbocycles. The van der Waals surface area contributed by atoms with Gasteiger partial charge in [-0.2, -0.15) is 4.58 Å². The van der Waals surface area contributed by atoms with Crippen molar-refractivity contribution < 1.29 is 21.8 Å². The molecular weight excluding hydrogens is 439 g/mol. The molecule has 0 bridgehead atoms. The van der Waals surface area contributed by atoms with Crippen LogP contribution in [0.3, 0.4) is 0 Å². The number of hydrogen-bond acceptors (Lipinski definition) is 1. The maximum Gasteiger partial charge on any atom is 0.673 e. The number of halogens is 4. The first-order chi connectivity index (χ1) is 15.7. The Morgan fingerprint density at radius 3 is 1.97 bits per heavy atom. The fraction of sp³-hybridized carbons (Fsp3) is 0.370. The van der Waals surface area contributed by atoms with E-state index in [4.69, 9.17) is 0 Å². The highest BCUT2D eigenvalue weighted by molar-refractivity contribution is 6.50. The summed E-state index contributed by atoms with van der Waals surface area (Å²) in [6.45, 7) is 9.49. The average Bonchev–Trinajstić information content (AvgIpc) is 3.33. The van der Waals surface area contributed by atoms with Crippen molar-refractivity contribution in [2.45, 2.75) is 51.4 Å². The third-order valence-corrected chi connectivity index (χ3v) is 7.35. The Bertz CT molecular complexity index is 1230. The number of rotatable bonds is 1. The van der Waals surface area contributed by atoms with Gasteiger partial charge in [0.05, 0.1) is 5.41 Å². The molecule has 2 aromatic rings. The fourth-order valence-electron chi connectivity index (χ4n) is 6.15. The van der Waals surface area contributed by atoms with E-state index in [1.54, 1.807) is 0 Å². The van der Waals surface area contributed by atoms with Crippen LogP contribution >= 0.6 is 0 Å². The van der Waals surface area contributed by atoms with E-state index in [9.17, 15) is 17.3 Å². The van der Waals surface area contributed by atoms with Crippen molar-refractivity contribution in [3.63, 3.8) is 0 Å². The normalized spacial score (nSPS) is 22.3. The lowest BCUT2D eigenvalue weighted by atomic mass is 9.78. The van der Waals surface area contributed by atoms with Crippen LogP contribution in [-0.2, 0) is 10.8 Å². The lowest BCUT2D eigenvalue weighted by Crippen LogP contribution is -2.29. The molecule has 0 aromatic heterocycles. The molecule has 0 saturated carbocycles. The zero-order chi connectivity index (χ0) is 25.1. The SMILES string of the molecule is CN1C(=C2C=C(C3=[N+](C)c4ccccc4C3(C)C)CC2)C(C)(C)c2ccccc21.F[B-](F)(F)F. The molecule has 180 valence electrons. The van der Waals surface area contributed by atoms with Crippen molar-refractivity contribution in [3.05, 3.63) is 82.6 Å². The predicted molar refractivity (Wildman–Crippen MR) is 133 cm³/mol. The van der Waals surface area contributed by atoms with Crippen LogP contribution in [0.2, 0.25) is 0 Å². The van der Waals surface area contributed by atoms with Crippen LogP contribution < -0.4 is 4.90 Å². The van der Waals surface area contributed by atoms with Crippen LogP contribution in [0, 0.1) is 0 Å². The van der Waals surface area contributed by atoms with Crippen LogP contribution in [0.5, 0.6) is 0 Å². The van der Waals surface area contributed by atoms with Gasteiger partial charge in [0.25, 0.3) is 0 Å². The predicted octanol–water partition coefficient (Wildman–Crippen LogP) is 7.39. The van der Waals surface area contributed by atoms with Crippen molar-refractivity contribution in [1.82, 2.24) is 0 Å². The molecule has 34 heavy (non-hydrogen) atoms. The monoisotopic (exact) mass is 470 g/mol. The van der Waals surface area contributed by atoms with Crippen LogP contribution in [0.1, 0.15) is 51.7 Å². The topological polar surface area (TPSA) is 6.25 Å². The van der Waals surface area contributed by atoms with Crippen LogP contribution in [0.4, 0.5) is 28.6 Å². The lowest BCUT2D eigenvalue weighted by molar-refractivity contribution is -0.402. The fourth-order valence-corrected chi connectivity index (χ4v) is 6.15. The number of nitrogens with zero attached hydrogens (tertiary/aromatic N) is 2. The number of benzene rings is 2. The molecule has 5 rings (SSSR count). The van der Waals surface area contributed by atoms with E-state index in [2.05, 4.69) is 106 Å². The first-order valence-electron chi connectivity index (χ1n) is 11.6. The molecule has 0 fully saturated rings. The minimum atomic E-state index is -6.00. The Kier molecular flexibility index (Phi) is 5.82. The third-order valence-electron chi connectivity index (χ3n) is 7.35.